The van der Waals surface area contributed by atoms with E-state index in [0.717, 1.165) is 36.7 Å². The van der Waals surface area contributed by atoms with E-state index >= 15 is 0 Å². The number of nitrogens with zero attached hydrogens (tertiary/aromatic N) is 2. The fourth-order valence-corrected chi connectivity index (χ4v) is 2.67. The van der Waals surface area contributed by atoms with Gasteiger partial charge in [0.2, 0.25) is 0 Å². The monoisotopic (exact) mass is 269 g/mol. The second-order valence-corrected chi connectivity index (χ2v) is 6.50. The average Bonchev–Trinajstić information content (AvgIpc) is 2.98. The van der Waals surface area contributed by atoms with Gasteiger partial charge >= 0.3 is 0 Å². The molecule has 0 atom stereocenters. The molecule has 2 fully saturated rings. The van der Waals surface area contributed by atoms with Gasteiger partial charge in [0.05, 0.1) is 0 Å². The third-order valence-electron chi connectivity index (χ3n) is 4.57. The van der Waals surface area contributed by atoms with Crippen LogP contribution >= 0.6 is 0 Å². The van der Waals surface area contributed by atoms with E-state index in [1.807, 2.05) is 0 Å². The number of hydrogen-bond donors (Lipinski definition) is 2. The molecule has 4 nitrogen and oxygen atoms in total. The van der Waals surface area contributed by atoms with Crippen molar-refractivity contribution in [2.75, 3.05) is 13.1 Å². The summed E-state index contributed by atoms with van der Waals surface area (Å²) in [6, 6.07) is 8.47. The van der Waals surface area contributed by atoms with Crippen LogP contribution in [0, 0.1) is 5.41 Å². The van der Waals surface area contributed by atoms with Crippen LogP contribution in [0.2, 0.25) is 1.41 Å². The summed E-state index contributed by atoms with van der Waals surface area (Å²) in [5.41, 5.74) is 2.82. The number of aromatic nitrogens is 3. The van der Waals surface area contributed by atoms with E-state index in [2.05, 4.69) is 46.4 Å². The molecule has 1 saturated heterocycles. The van der Waals surface area contributed by atoms with Crippen LogP contribution in [0.3, 0.4) is 0 Å². The molecule has 2 N–H and O–H groups in total. The van der Waals surface area contributed by atoms with Crippen LogP contribution < -0.4 is 5.31 Å². The lowest BCUT2D eigenvalue weighted by atomic mass is 9.93. The summed E-state index contributed by atoms with van der Waals surface area (Å²) in [5, 5.41) is 9.01. The van der Waals surface area contributed by atoms with E-state index in [1.54, 1.807) is 5.31 Å². The normalized spacial score (nSPS) is 22.4. The molecule has 1 aromatic heterocycles. The highest BCUT2D eigenvalue weighted by atomic mass is 15.2. The second-order valence-electron chi connectivity index (χ2n) is 6.50. The maximum absolute atomic E-state index is 7.46. The highest BCUT2D eigenvalue weighted by molar-refractivity contribution is 5.55. The third-order valence-corrected chi connectivity index (χ3v) is 4.57. The molecule has 1 saturated carbocycles. The van der Waals surface area contributed by atoms with Gasteiger partial charge in [-0.3, -0.25) is 5.10 Å². The fraction of sp³-hybridized carbons (Fsp3) is 0.500. The van der Waals surface area contributed by atoms with Crippen LogP contribution in [0.15, 0.2) is 24.3 Å². The molecule has 0 unspecified atom stereocenters. The molecule has 104 valence electrons. The average molecular weight is 269 g/mol. The number of benzene rings is 1. The lowest BCUT2D eigenvalue weighted by Crippen LogP contribution is -2.39. The van der Waals surface area contributed by atoms with Gasteiger partial charge in [0, 0.05) is 31.0 Å². The van der Waals surface area contributed by atoms with Crippen LogP contribution in [0.1, 0.15) is 37.1 Å². The second kappa shape index (κ2) is 4.42. The number of hydrogen-bond acceptors (Lipinski definition) is 3. The highest BCUT2D eigenvalue weighted by Gasteiger charge is 2.38. The molecule has 4 rings (SSSR count). The predicted molar refractivity (Wildman–Crippen MR) is 78.5 cm³/mol. The van der Waals surface area contributed by atoms with Crippen LogP contribution in [-0.2, 0) is 6.42 Å². The summed E-state index contributed by atoms with van der Waals surface area (Å²) in [6.45, 7) is 3.98. The molecule has 1 aromatic carbocycles. The molecule has 2 aliphatic rings. The van der Waals surface area contributed by atoms with Crippen molar-refractivity contribution < 1.29 is 1.41 Å². The molecule has 0 bridgehead atoms. The zero-order valence-corrected chi connectivity index (χ0v) is 11.8. The maximum atomic E-state index is 7.46. The van der Waals surface area contributed by atoms with Crippen LogP contribution in [0.25, 0.3) is 11.4 Å². The topological polar surface area (TPSA) is 53.6 Å². The Labute approximate surface area is 120 Å². The van der Waals surface area contributed by atoms with E-state index in [9.17, 15) is 0 Å². The molecule has 0 amide bonds. The maximum Gasteiger partial charge on any atom is 0.181 e. The quantitative estimate of drug-likeness (QED) is 0.896. The van der Waals surface area contributed by atoms with Crippen molar-refractivity contribution >= 4 is 0 Å². The number of H-pyrrole nitrogens is 1. The summed E-state index contributed by atoms with van der Waals surface area (Å²) in [7, 11) is 0. The van der Waals surface area contributed by atoms with Crippen molar-refractivity contribution in [2.45, 2.75) is 32.1 Å². The van der Waals surface area contributed by atoms with Gasteiger partial charge in [0.1, 0.15) is 7.24 Å². The van der Waals surface area contributed by atoms with Crippen LogP contribution in [0.4, 0.5) is 0 Å². The number of rotatable bonds is 4. The molecule has 20 heavy (non-hydrogen) atoms. The summed E-state index contributed by atoms with van der Waals surface area (Å²) in [4.78, 5) is 4.62. The van der Waals surface area contributed by atoms with Crippen molar-refractivity contribution in [3.63, 3.8) is 0 Å². The molecule has 2 heterocycles. The highest BCUT2D eigenvalue weighted by Crippen LogP contribution is 2.47. The Morgan fingerprint density at radius 1 is 1.30 bits per heavy atom. The van der Waals surface area contributed by atoms with Crippen molar-refractivity contribution in [1.82, 2.24) is 20.5 Å². The molecule has 0 radical (unpaired) electrons. The molecule has 2 aromatic rings. The predicted octanol–water partition coefficient (Wildman–Crippen LogP) is 2.50. The van der Waals surface area contributed by atoms with E-state index < -0.39 is 0 Å². The Morgan fingerprint density at radius 3 is 2.70 bits per heavy atom. The zero-order valence-electron chi connectivity index (χ0n) is 12.8. The van der Waals surface area contributed by atoms with E-state index in [4.69, 9.17) is 1.41 Å². The molecular formula is C16H20N4. The standard InChI is InChI=1S/C16H20N4/c1-16(6-7-16)8-14-18-15(20-19-14)12-4-2-11(3-5-12)13-9-17-10-13/h2-5,13,17H,6-10H2,1H3,(H,18,19,20)/i/hD. The van der Waals surface area contributed by atoms with Gasteiger partial charge in [0.15, 0.2) is 5.82 Å². The minimum Gasteiger partial charge on any atom is -0.315 e. The Bertz CT molecular complexity index is 639. The number of aromatic amines is 1. The first kappa shape index (κ1) is 11.0. The van der Waals surface area contributed by atoms with E-state index in [1.165, 1.54) is 18.4 Å². The Kier molecular flexibility index (Phi) is 2.44. The van der Waals surface area contributed by atoms with Gasteiger partial charge in [-0.05, 0) is 23.8 Å². The molecule has 1 aliphatic carbocycles. The lowest BCUT2D eigenvalue weighted by molar-refractivity contribution is 0.448. The minimum atomic E-state index is 0.451. The lowest BCUT2D eigenvalue weighted by Gasteiger charge is -2.27. The molecule has 0 spiro atoms. The molecule has 4 heteroatoms. The summed E-state index contributed by atoms with van der Waals surface area (Å²) < 4.78 is 7.46. The number of nitrogens with one attached hydrogen (secondary N) is 2. The SMILES string of the molecule is [2H]N1CC(c2ccc(-c3n[nH]c(CC4(C)CC4)n3)cc2)C1. The van der Waals surface area contributed by atoms with Gasteiger partial charge in [-0.2, -0.15) is 5.10 Å². The first-order valence-corrected chi connectivity index (χ1v) is 7.37. The first-order valence-electron chi connectivity index (χ1n) is 7.81. The van der Waals surface area contributed by atoms with Crippen LogP contribution in [-0.4, -0.2) is 28.3 Å². The van der Waals surface area contributed by atoms with Crippen molar-refractivity contribution in [3.8, 4) is 11.4 Å². The molecule has 1 aliphatic heterocycles. The Hall–Kier alpha value is -1.68. The van der Waals surface area contributed by atoms with E-state index in [0.29, 0.717) is 11.3 Å². The Morgan fingerprint density at radius 2 is 2.05 bits per heavy atom. The van der Waals surface area contributed by atoms with E-state index in [-0.39, 0.29) is 0 Å². The van der Waals surface area contributed by atoms with Crippen molar-refractivity contribution in [2.24, 2.45) is 5.41 Å². The van der Waals surface area contributed by atoms with Gasteiger partial charge in [0.25, 0.3) is 0 Å². The summed E-state index contributed by atoms with van der Waals surface area (Å²) in [6.07, 6.45) is 3.60. The third kappa shape index (κ3) is 2.24. The Balaban J connectivity index is 1.48. The first-order chi connectivity index (χ1) is 10.1. The van der Waals surface area contributed by atoms with Gasteiger partial charge in [-0.1, -0.05) is 31.2 Å². The minimum absolute atomic E-state index is 0.451. The smallest absolute Gasteiger partial charge is 0.181 e. The zero-order chi connectivity index (χ0) is 14.4. The molecular weight excluding hydrogens is 248 g/mol. The summed E-state index contributed by atoms with van der Waals surface area (Å²) >= 11 is 0. The van der Waals surface area contributed by atoms with Gasteiger partial charge < -0.3 is 5.31 Å². The largest absolute Gasteiger partial charge is 0.315 e. The van der Waals surface area contributed by atoms with Gasteiger partial charge in [-0.25, -0.2) is 4.98 Å². The van der Waals surface area contributed by atoms with Crippen molar-refractivity contribution in [1.29, 1.82) is 0 Å². The summed E-state index contributed by atoms with van der Waals surface area (Å²) in [5.74, 6) is 2.29. The van der Waals surface area contributed by atoms with Gasteiger partial charge in [-0.15, -0.1) is 0 Å². The fourth-order valence-electron chi connectivity index (χ4n) is 2.67. The van der Waals surface area contributed by atoms with Crippen molar-refractivity contribution in [3.05, 3.63) is 35.7 Å². The van der Waals surface area contributed by atoms with Crippen LogP contribution in [0.5, 0.6) is 0 Å².